The lowest BCUT2D eigenvalue weighted by Gasteiger charge is -2.17. The molecule has 3 N–H and O–H groups in total. The molecule has 0 aliphatic rings. The summed E-state index contributed by atoms with van der Waals surface area (Å²) >= 11 is 5.52. The van der Waals surface area contributed by atoms with Gasteiger partial charge in [0.05, 0.1) is 5.02 Å². The average Bonchev–Trinajstić information content (AvgIpc) is 2.32. The van der Waals surface area contributed by atoms with Gasteiger partial charge >= 0.3 is 12.0 Å². The van der Waals surface area contributed by atoms with Gasteiger partial charge in [0.1, 0.15) is 11.9 Å². The first kappa shape index (κ1) is 16.2. The van der Waals surface area contributed by atoms with Crippen molar-refractivity contribution in [3.05, 3.63) is 29.0 Å². The van der Waals surface area contributed by atoms with Crippen LogP contribution in [0.4, 0.5) is 14.9 Å². The normalized spacial score (nSPS) is 12.1. The molecular weight excluding hydrogens is 287 g/mol. The highest BCUT2D eigenvalue weighted by Gasteiger charge is 2.21. The Morgan fingerprint density at radius 2 is 2.05 bits per heavy atom. The van der Waals surface area contributed by atoms with E-state index in [0.717, 1.165) is 6.07 Å². The van der Waals surface area contributed by atoms with Gasteiger partial charge in [-0.15, -0.1) is 0 Å². The van der Waals surface area contributed by atoms with Gasteiger partial charge in [0.15, 0.2) is 0 Å². The number of benzene rings is 1. The van der Waals surface area contributed by atoms with E-state index in [1.807, 2.05) is 13.8 Å². The Balaban J connectivity index is 2.65. The number of rotatable bonds is 5. The Labute approximate surface area is 121 Å². The number of aliphatic carboxylic acids is 1. The number of hydrogen-bond donors (Lipinski definition) is 3. The van der Waals surface area contributed by atoms with E-state index in [2.05, 4.69) is 10.6 Å². The fourth-order valence-corrected chi connectivity index (χ4v) is 1.71. The van der Waals surface area contributed by atoms with Gasteiger partial charge < -0.3 is 15.7 Å². The predicted molar refractivity (Wildman–Crippen MR) is 74.4 cm³/mol. The number of carboxylic acids is 1. The summed E-state index contributed by atoms with van der Waals surface area (Å²) in [6.07, 6.45) is 0.303. The van der Waals surface area contributed by atoms with Crippen molar-refractivity contribution in [1.29, 1.82) is 0 Å². The number of hydrogen-bond acceptors (Lipinski definition) is 2. The van der Waals surface area contributed by atoms with Crippen LogP contribution < -0.4 is 10.6 Å². The number of carbonyl (C=O) groups excluding carboxylic acids is 1. The van der Waals surface area contributed by atoms with Crippen molar-refractivity contribution in [3.8, 4) is 0 Å². The molecule has 20 heavy (non-hydrogen) atoms. The van der Waals surface area contributed by atoms with Crippen molar-refractivity contribution in [2.24, 2.45) is 5.92 Å². The molecule has 0 spiro atoms. The van der Waals surface area contributed by atoms with Gasteiger partial charge in [0.2, 0.25) is 0 Å². The number of carboxylic acid groups (broad SMARTS) is 1. The molecule has 0 unspecified atom stereocenters. The molecule has 0 aliphatic carbocycles. The van der Waals surface area contributed by atoms with Crippen LogP contribution in [0.1, 0.15) is 20.3 Å². The zero-order valence-electron chi connectivity index (χ0n) is 11.1. The van der Waals surface area contributed by atoms with E-state index in [9.17, 15) is 14.0 Å². The molecule has 0 aromatic heterocycles. The monoisotopic (exact) mass is 302 g/mol. The molecule has 1 rings (SSSR count). The maximum atomic E-state index is 13.2. The molecule has 1 aromatic carbocycles. The lowest BCUT2D eigenvalue weighted by atomic mass is 10.0. The van der Waals surface area contributed by atoms with E-state index in [1.165, 1.54) is 12.1 Å². The van der Waals surface area contributed by atoms with Crippen molar-refractivity contribution in [1.82, 2.24) is 5.32 Å². The quantitative estimate of drug-likeness (QED) is 0.782. The summed E-state index contributed by atoms with van der Waals surface area (Å²) in [5, 5.41) is 13.6. The Morgan fingerprint density at radius 3 is 2.55 bits per heavy atom. The summed E-state index contributed by atoms with van der Waals surface area (Å²) in [7, 11) is 0. The van der Waals surface area contributed by atoms with Gasteiger partial charge in [-0.3, -0.25) is 0 Å². The molecular formula is C13H16ClFN2O3. The number of halogens is 2. The van der Waals surface area contributed by atoms with Crippen LogP contribution >= 0.6 is 11.6 Å². The number of nitrogens with one attached hydrogen (secondary N) is 2. The Kier molecular flexibility index (Phi) is 5.76. The van der Waals surface area contributed by atoms with Gasteiger partial charge in [-0.05, 0) is 30.5 Å². The van der Waals surface area contributed by atoms with Crippen molar-refractivity contribution < 1.29 is 19.1 Å². The molecule has 0 saturated heterocycles. The van der Waals surface area contributed by atoms with Gasteiger partial charge in [0, 0.05) is 5.69 Å². The Hall–Kier alpha value is -1.82. The van der Waals surface area contributed by atoms with E-state index in [4.69, 9.17) is 16.7 Å². The minimum absolute atomic E-state index is 0.0563. The number of carbonyl (C=O) groups is 2. The lowest BCUT2D eigenvalue weighted by Crippen LogP contribution is -2.43. The summed E-state index contributed by atoms with van der Waals surface area (Å²) in [5.74, 6) is -1.66. The first-order chi connectivity index (χ1) is 9.29. The van der Waals surface area contributed by atoms with Crippen LogP contribution in [-0.2, 0) is 4.79 Å². The zero-order chi connectivity index (χ0) is 15.3. The first-order valence-electron chi connectivity index (χ1n) is 6.05. The number of amides is 2. The highest BCUT2D eigenvalue weighted by molar-refractivity contribution is 6.30. The van der Waals surface area contributed by atoms with Gasteiger partial charge in [-0.2, -0.15) is 0 Å². The number of anilines is 1. The van der Waals surface area contributed by atoms with Gasteiger partial charge in [-0.1, -0.05) is 25.4 Å². The summed E-state index contributed by atoms with van der Waals surface area (Å²) in [6.45, 7) is 3.70. The van der Waals surface area contributed by atoms with Crippen LogP contribution in [-0.4, -0.2) is 23.1 Å². The molecule has 0 bridgehead atoms. The van der Waals surface area contributed by atoms with Crippen molar-refractivity contribution in [2.45, 2.75) is 26.3 Å². The SMILES string of the molecule is CC(C)C[C@@H](NC(=O)Nc1ccc(Cl)c(F)c1)C(=O)O. The molecule has 5 nitrogen and oxygen atoms in total. The van der Waals surface area contributed by atoms with Crippen LogP contribution in [0.15, 0.2) is 18.2 Å². The molecule has 0 fully saturated rings. The second-order valence-electron chi connectivity index (χ2n) is 4.75. The van der Waals surface area contributed by atoms with E-state index in [1.54, 1.807) is 0 Å². The third kappa shape index (κ3) is 5.05. The molecule has 7 heteroatoms. The minimum atomic E-state index is -1.11. The second-order valence-corrected chi connectivity index (χ2v) is 5.15. The molecule has 0 heterocycles. The maximum Gasteiger partial charge on any atom is 0.326 e. The van der Waals surface area contributed by atoms with E-state index >= 15 is 0 Å². The van der Waals surface area contributed by atoms with Crippen LogP contribution in [0.5, 0.6) is 0 Å². The van der Waals surface area contributed by atoms with Crippen molar-refractivity contribution >= 4 is 29.3 Å². The molecule has 0 saturated carbocycles. The fraction of sp³-hybridized carbons (Fsp3) is 0.385. The largest absolute Gasteiger partial charge is 0.480 e. The van der Waals surface area contributed by atoms with Gasteiger partial charge in [0.25, 0.3) is 0 Å². The Morgan fingerprint density at radius 1 is 1.40 bits per heavy atom. The van der Waals surface area contributed by atoms with E-state index in [-0.39, 0.29) is 16.6 Å². The highest BCUT2D eigenvalue weighted by atomic mass is 35.5. The molecule has 0 aliphatic heterocycles. The summed E-state index contributed by atoms with van der Waals surface area (Å²) < 4.78 is 13.2. The second kappa shape index (κ2) is 7.09. The summed E-state index contributed by atoms with van der Waals surface area (Å²) in [6, 6.07) is 2.07. The average molecular weight is 303 g/mol. The van der Waals surface area contributed by atoms with Crippen LogP contribution in [0.25, 0.3) is 0 Å². The van der Waals surface area contributed by atoms with E-state index in [0.29, 0.717) is 6.42 Å². The smallest absolute Gasteiger partial charge is 0.326 e. The maximum absolute atomic E-state index is 13.2. The zero-order valence-corrected chi connectivity index (χ0v) is 11.9. The van der Waals surface area contributed by atoms with Gasteiger partial charge in [-0.25, -0.2) is 14.0 Å². The topological polar surface area (TPSA) is 78.4 Å². The molecule has 1 atom stereocenters. The molecule has 110 valence electrons. The summed E-state index contributed by atoms with van der Waals surface area (Å²) in [5.41, 5.74) is 0.193. The van der Waals surface area contributed by atoms with Crippen LogP contribution in [0.3, 0.4) is 0 Å². The standard InChI is InChI=1S/C13H16ClFN2O3/c1-7(2)5-11(12(18)19)17-13(20)16-8-3-4-9(14)10(15)6-8/h3-4,6-7,11H,5H2,1-2H3,(H,18,19)(H2,16,17,20)/t11-/m1/s1. The summed E-state index contributed by atoms with van der Waals surface area (Å²) in [4.78, 5) is 22.7. The first-order valence-corrected chi connectivity index (χ1v) is 6.42. The Bertz CT molecular complexity index is 508. The minimum Gasteiger partial charge on any atom is -0.480 e. The molecule has 2 amide bonds. The third-order valence-electron chi connectivity index (χ3n) is 2.49. The molecule has 1 aromatic rings. The number of urea groups is 1. The van der Waals surface area contributed by atoms with Crippen molar-refractivity contribution in [2.75, 3.05) is 5.32 Å². The van der Waals surface area contributed by atoms with Crippen LogP contribution in [0, 0.1) is 11.7 Å². The van der Waals surface area contributed by atoms with Crippen molar-refractivity contribution in [3.63, 3.8) is 0 Å². The lowest BCUT2D eigenvalue weighted by molar-refractivity contribution is -0.139. The third-order valence-corrected chi connectivity index (χ3v) is 2.79. The fourth-order valence-electron chi connectivity index (χ4n) is 1.59. The highest BCUT2D eigenvalue weighted by Crippen LogP contribution is 2.18. The predicted octanol–water partition coefficient (Wildman–Crippen LogP) is 3.10. The molecule has 0 radical (unpaired) electrons. The van der Waals surface area contributed by atoms with E-state index < -0.39 is 23.9 Å². The van der Waals surface area contributed by atoms with Crippen LogP contribution in [0.2, 0.25) is 5.02 Å².